The molecule has 0 N–H and O–H groups in total. The monoisotopic (exact) mass is 359 g/mol. The summed E-state index contributed by atoms with van der Waals surface area (Å²) in [7, 11) is 0. The quantitative estimate of drug-likeness (QED) is 0.367. The second kappa shape index (κ2) is 7.83. The van der Waals surface area contributed by atoms with Crippen LogP contribution in [0.25, 0.3) is 10.8 Å². The van der Waals surface area contributed by atoms with Crippen molar-refractivity contribution in [3.8, 4) is 0 Å². The SMILES string of the molecule is Fc1ccc(/C(Cn2ccnc2)=N/OCc2cccc3ccccc23)cc1. The van der Waals surface area contributed by atoms with Crippen LogP contribution in [0.5, 0.6) is 0 Å². The van der Waals surface area contributed by atoms with Gasteiger partial charge in [-0.05, 0) is 28.5 Å². The number of aromatic nitrogens is 2. The van der Waals surface area contributed by atoms with Crippen LogP contribution in [0.2, 0.25) is 0 Å². The van der Waals surface area contributed by atoms with Crippen LogP contribution in [0.3, 0.4) is 0 Å². The maximum Gasteiger partial charge on any atom is 0.142 e. The van der Waals surface area contributed by atoms with Crippen molar-refractivity contribution in [2.24, 2.45) is 5.16 Å². The molecule has 0 unspecified atom stereocenters. The zero-order valence-electron chi connectivity index (χ0n) is 14.6. The van der Waals surface area contributed by atoms with Gasteiger partial charge in [0.1, 0.15) is 18.1 Å². The standard InChI is InChI=1S/C22H18FN3O/c23-20-10-8-18(9-11-20)22(14-26-13-12-24-16-26)25-27-15-19-6-3-5-17-4-1-2-7-21(17)19/h1-13,16H,14-15H2/b25-22+. The molecule has 0 atom stereocenters. The number of hydrogen-bond donors (Lipinski definition) is 0. The van der Waals surface area contributed by atoms with Crippen molar-refractivity contribution in [2.45, 2.75) is 13.2 Å². The van der Waals surface area contributed by atoms with Crippen LogP contribution in [-0.2, 0) is 18.0 Å². The summed E-state index contributed by atoms with van der Waals surface area (Å²) in [5, 5.41) is 6.66. The van der Waals surface area contributed by atoms with Gasteiger partial charge in [0, 0.05) is 18.0 Å². The first-order valence-corrected chi connectivity index (χ1v) is 8.67. The van der Waals surface area contributed by atoms with E-state index in [2.05, 4.69) is 28.3 Å². The van der Waals surface area contributed by atoms with Gasteiger partial charge >= 0.3 is 0 Å². The summed E-state index contributed by atoms with van der Waals surface area (Å²) in [5.74, 6) is -0.280. The average molecular weight is 359 g/mol. The van der Waals surface area contributed by atoms with E-state index in [0.29, 0.717) is 18.9 Å². The Kier molecular flexibility index (Phi) is 4.92. The molecule has 4 rings (SSSR count). The maximum absolute atomic E-state index is 13.3. The molecule has 134 valence electrons. The van der Waals surface area contributed by atoms with Crippen LogP contribution in [0, 0.1) is 5.82 Å². The van der Waals surface area contributed by atoms with E-state index in [0.717, 1.165) is 16.5 Å². The third-order valence-electron chi connectivity index (χ3n) is 4.34. The van der Waals surface area contributed by atoms with Crippen LogP contribution in [0.15, 0.2) is 90.6 Å². The number of nitrogens with zero attached hydrogens (tertiary/aromatic N) is 3. The lowest BCUT2D eigenvalue weighted by molar-refractivity contribution is 0.131. The summed E-state index contributed by atoms with van der Waals surface area (Å²) >= 11 is 0. The molecule has 0 aliphatic heterocycles. The van der Waals surface area contributed by atoms with Gasteiger partial charge in [-0.1, -0.05) is 59.8 Å². The highest BCUT2D eigenvalue weighted by Gasteiger charge is 2.07. The summed E-state index contributed by atoms with van der Waals surface area (Å²) < 4.78 is 15.2. The van der Waals surface area contributed by atoms with Crippen molar-refractivity contribution in [1.82, 2.24) is 9.55 Å². The van der Waals surface area contributed by atoms with E-state index in [-0.39, 0.29) is 5.82 Å². The molecule has 0 aliphatic carbocycles. The van der Waals surface area contributed by atoms with Crippen LogP contribution in [0.4, 0.5) is 4.39 Å². The lowest BCUT2D eigenvalue weighted by Crippen LogP contribution is -2.11. The van der Waals surface area contributed by atoms with E-state index in [1.54, 1.807) is 24.7 Å². The summed E-state index contributed by atoms with van der Waals surface area (Å²) in [6, 6.07) is 20.5. The number of hydrogen-bond acceptors (Lipinski definition) is 3. The minimum Gasteiger partial charge on any atom is -0.391 e. The van der Waals surface area contributed by atoms with E-state index < -0.39 is 0 Å². The Morgan fingerprint density at radius 3 is 2.63 bits per heavy atom. The Labute approximate surface area is 156 Å². The van der Waals surface area contributed by atoms with Crippen LogP contribution < -0.4 is 0 Å². The molecule has 1 aromatic heterocycles. The summed E-state index contributed by atoms with van der Waals surface area (Å²) in [6.07, 6.45) is 5.27. The Bertz CT molecular complexity index is 1050. The van der Waals surface area contributed by atoms with Crippen LogP contribution in [-0.4, -0.2) is 15.3 Å². The van der Waals surface area contributed by atoms with Gasteiger partial charge in [-0.3, -0.25) is 0 Å². The zero-order chi connectivity index (χ0) is 18.5. The van der Waals surface area contributed by atoms with E-state index in [9.17, 15) is 4.39 Å². The Morgan fingerprint density at radius 2 is 1.81 bits per heavy atom. The fraction of sp³-hybridized carbons (Fsp3) is 0.0909. The Balaban J connectivity index is 1.57. The van der Waals surface area contributed by atoms with E-state index >= 15 is 0 Å². The predicted octanol–water partition coefficient (Wildman–Crippen LogP) is 4.80. The predicted molar refractivity (Wildman–Crippen MR) is 104 cm³/mol. The molecule has 4 aromatic rings. The normalized spacial score (nSPS) is 11.7. The molecule has 3 aromatic carbocycles. The molecule has 0 spiro atoms. The lowest BCUT2D eigenvalue weighted by atomic mass is 10.1. The first-order chi connectivity index (χ1) is 13.3. The minimum absolute atomic E-state index is 0.280. The van der Waals surface area contributed by atoms with Crippen molar-refractivity contribution in [3.05, 3.63) is 102 Å². The Hall–Kier alpha value is -3.47. The van der Waals surface area contributed by atoms with E-state index in [1.807, 2.05) is 35.0 Å². The van der Waals surface area contributed by atoms with Crippen molar-refractivity contribution in [1.29, 1.82) is 0 Å². The van der Waals surface area contributed by atoms with E-state index in [1.165, 1.54) is 17.5 Å². The van der Waals surface area contributed by atoms with Crippen molar-refractivity contribution in [2.75, 3.05) is 0 Å². The number of rotatable bonds is 6. The highest BCUT2D eigenvalue weighted by atomic mass is 19.1. The molecule has 1 heterocycles. The molecule has 27 heavy (non-hydrogen) atoms. The second-order valence-electron chi connectivity index (χ2n) is 6.19. The molecule has 0 saturated heterocycles. The fourth-order valence-electron chi connectivity index (χ4n) is 2.97. The van der Waals surface area contributed by atoms with Gasteiger partial charge in [0.05, 0.1) is 12.9 Å². The molecule has 0 saturated carbocycles. The van der Waals surface area contributed by atoms with Crippen molar-refractivity contribution >= 4 is 16.5 Å². The van der Waals surface area contributed by atoms with Crippen LogP contribution in [0.1, 0.15) is 11.1 Å². The third-order valence-corrected chi connectivity index (χ3v) is 4.34. The van der Waals surface area contributed by atoms with Gasteiger partial charge in [-0.25, -0.2) is 9.37 Å². The van der Waals surface area contributed by atoms with Gasteiger partial charge in [-0.2, -0.15) is 0 Å². The molecule has 0 bridgehead atoms. The largest absolute Gasteiger partial charge is 0.391 e. The minimum atomic E-state index is -0.280. The number of fused-ring (bicyclic) bond motifs is 1. The van der Waals surface area contributed by atoms with Crippen molar-refractivity contribution < 1.29 is 9.23 Å². The van der Waals surface area contributed by atoms with Gasteiger partial charge in [0.15, 0.2) is 0 Å². The molecule has 0 amide bonds. The molecule has 0 radical (unpaired) electrons. The number of imidazole rings is 1. The first-order valence-electron chi connectivity index (χ1n) is 8.67. The topological polar surface area (TPSA) is 39.4 Å². The zero-order valence-corrected chi connectivity index (χ0v) is 14.6. The van der Waals surface area contributed by atoms with Gasteiger partial charge in [-0.15, -0.1) is 0 Å². The van der Waals surface area contributed by atoms with Gasteiger partial charge in [0.25, 0.3) is 0 Å². The van der Waals surface area contributed by atoms with Crippen molar-refractivity contribution in [3.63, 3.8) is 0 Å². The molecule has 0 fully saturated rings. The molecule has 0 aliphatic rings. The highest BCUT2D eigenvalue weighted by Crippen LogP contribution is 2.19. The fourth-order valence-corrected chi connectivity index (χ4v) is 2.97. The van der Waals surface area contributed by atoms with Gasteiger partial charge in [0.2, 0.25) is 0 Å². The van der Waals surface area contributed by atoms with Crippen LogP contribution >= 0.6 is 0 Å². The summed E-state index contributed by atoms with van der Waals surface area (Å²) in [5.41, 5.74) is 2.58. The lowest BCUT2D eigenvalue weighted by Gasteiger charge is -2.09. The molecular formula is C22H18FN3O. The first kappa shape index (κ1) is 17.0. The summed E-state index contributed by atoms with van der Waals surface area (Å²) in [6.45, 7) is 0.844. The summed E-state index contributed by atoms with van der Waals surface area (Å²) in [4.78, 5) is 9.74. The third kappa shape index (κ3) is 4.03. The maximum atomic E-state index is 13.3. The second-order valence-corrected chi connectivity index (χ2v) is 6.19. The molecular weight excluding hydrogens is 341 g/mol. The van der Waals surface area contributed by atoms with E-state index in [4.69, 9.17) is 4.84 Å². The number of halogens is 1. The number of oxime groups is 1. The smallest absolute Gasteiger partial charge is 0.142 e. The number of benzene rings is 3. The Morgan fingerprint density at radius 1 is 1.00 bits per heavy atom. The molecule has 4 nitrogen and oxygen atoms in total. The average Bonchev–Trinajstić information content (AvgIpc) is 3.21. The van der Waals surface area contributed by atoms with Gasteiger partial charge < -0.3 is 9.40 Å². The molecule has 5 heteroatoms. The highest BCUT2D eigenvalue weighted by molar-refractivity contribution is 6.00.